The highest BCUT2D eigenvalue weighted by Crippen LogP contribution is 2.50. The molecule has 1 saturated carbocycles. The molecule has 0 aromatic heterocycles. The van der Waals surface area contributed by atoms with Crippen molar-refractivity contribution < 1.29 is 13.2 Å². The highest BCUT2D eigenvalue weighted by atomic mass is 79.9. The van der Waals surface area contributed by atoms with Gasteiger partial charge in [0.1, 0.15) is 0 Å². The minimum absolute atomic E-state index is 0.0620. The molecule has 1 aliphatic carbocycles. The van der Waals surface area contributed by atoms with Crippen molar-refractivity contribution in [3.05, 3.63) is 34.3 Å². The molecule has 114 valence electrons. The van der Waals surface area contributed by atoms with Gasteiger partial charge in [-0.15, -0.1) is 0 Å². The van der Waals surface area contributed by atoms with Crippen molar-refractivity contribution in [2.24, 2.45) is 0 Å². The zero-order chi connectivity index (χ0) is 15.3. The van der Waals surface area contributed by atoms with E-state index in [1.165, 1.54) is 0 Å². The third-order valence-corrected chi connectivity index (χ3v) is 6.91. The molecular formula is C15H18BrNO3S. The molecule has 1 saturated heterocycles. The van der Waals surface area contributed by atoms with Gasteiger partial charge >= 0.3 is 0 Å². The molecule has 0 N–H and O–H groups in total. The van der Waals surface area contributed by atoms with Gasteiger partial charge in [0.05, 0.1) is 16.9 Å². The van der Waals surface area contributed by atoms with Crippen LogP contribution in [0.3, 0.4) is 0 Å². The number of rotatable bonds is 3. The van der Waals surface area contributed by atoms with Crippen LogP contribution in [0.1, 0.15) is 24.8 Å². The third-order valence-electron chi connectivity index (χ3n) is 4.63. The van der Waals surface area contributed by atoms with E-state index in [0.29, 0.717) is 6.42 Å². The molecule has 0 spiro atoms. The van der Waals surface area contributed by atoms with Crippen LogP contribution in [0.2, 0.25) is 0 Å². The van der Waals surface area contributed by atoms with Crippen LogP contribution < -0.4 is 0 Å². The van der Waals surface area contributed by atoms with Crippen molar-refractivity contribution >= 4 is 31.7 Å². The van der Waals surface area contributed by atoms with Gasteiger partial charge in [-0.25, -0.2) is 8.42 Å². The lowest BCUT2D eigenvalue weighted by Crippen LogP contribution is -2.43. The summed E-state index contributed by atoms with van der Waals surface area (Å²) in [5, 5.41) is 0. The quantitative estimate of drug-likeness (QED) is 0.817. The lowest BCUT2D eigenvalue weighted by molar-refractivity contribution is -0.134. The Kier molecular flexibility index (Phi) is 3.64. The Hall–Kier alpha value is -0.880. The topological polar surface area (TPSA) is 54.5 Å². The van der Waals surface area contributed by atoms with Crippen LogP contribution in [0.5, 0.6) is 0 Å². The van der Waals surface area contributed by atoms with Gasteiger partial charge in [-0.2, -0.15) is 0 Å². The second-order valence-electron chi connectivity index (χ2n) is 6.06. The number of amides is 1. The Bertz CT molecular complexity index is 665. The number of carbonyl (C=O) groups is 1. The van der Waals surface area contributed by atoms with Gasteiger partial charge in [0.25, 0.3) is 0 Å². The number of hydrogen-bond donors (Lipinski definition) is 0. The van der Waals surface area contributed by atoms with Crippen LogP contribution >= 0.6 is 15.9 Å². The largest absolute Gasteiger partial charge is 0.341 e. The summed E-state index contributed by atoms with van der Waals surface area (Å²) in [6, 6.07) is 7.68. The molecule has 1 heterocycles. The molecule has 1 unspecified atom stereocenters. The van der Waals surface area contributed by atoms with Gasteiger partial charge in [-0.3, -0.25) is 4.79 Å². The predicted molar refractivity (Wildman–Crippen MR) is 84.9 cm³/mol. The van der Waals surface area contributed by atoms with Gasteiger partial charge in [-0.1, -0.05) is 28.1 Å². The number of carbonyl (C=O) groups excluding carboxylic acids is 1. The van der Waals surface area contributed by atoms with E-state index in [0.717, 1.165) is 22.9 Å². The van der Waals surface area contributed by atoms with Gasteiger partial charge in [-0.05, 0) is 37.0 Å². The molecule has 2 aliphatic rings. The highest BCUT2D eigenvalue weighted by Gasteiger charge is 2.53. The molecule has 0 bridgehead atoms. The average Bonchev–Trinajstić information content (AvgIpc) is 3.17. The molecule has 1 amide bonds. The maximum absolute atomic E-state index is 12.8. The molecule has 3 rings (SSSR count). The van der Waals surface area contributed by atoms with E-state index in [1.807, 2.05) is 24.3 Å². The monoisotopic (exact) mass is 371 g/mol. The molecular weight excluding hydrogens is 354 g/mol. The first-order chi connectivity index (χ1) is 9.84. The summed E-state index contributed by atoms with van der Waals surface area (Å²) in [7, 11) is -1.23. The maximum atomic E-state index is 12.8. The first kappa shape index (κ1) is 15.0. The Balaban J connectivity index is 1.80. The minimum atomic E-state index is -2.97. The van der Waals surface area contributed by atoms with Crippen LogP contribution in [0.4, 0.5) is 0 Å². The zero-order valence-electron chi connectivity index (χ0n) is 11.9. The molecule has 1 aliphatic heterocycles. The molecule has 21 heavy (non-hydrogen) atoms. The first-order valence-corrected chi connectivity index (χ1v) is 9.69. The van der Waals surface area contributed by atoms with Crippen molar-refractivity contribution in [3.63, 3.8) is 0 Å². The average molecular weight is 372 g/mol. The number of halogens is 1. The molecule has 1 atom stereocenters. The standard InChI is InChI=1S/C15H18BrNO3S/c1-17(13-6-9-21(19,20)10-13)14(18)15(7-8-15)11-2-4-12(16)5-3-11/h2-5,13H,6-10H2,1H3. The summed E-state index contributed by atoms with van der Waals surface area (Å²) in [5.41, 5.74) is 0.602. The molecule has 1 aromatic rings. The lowest BCUT2D eigenvalue weighted by Gasteiger charge is -2.28. The minimum Gasteiger partial charge on any atom is -0.341 e. The Morgan fingerprint density at radius 3 is 2.38 bits per heavy atom. The van der Waals surface area contributed by atoms with E-state index in [-0.39, 0.29) is 23.5 Å². The van der Waals surface area contributed by atoms with E-state index < -0.39 is 15.3 Å². The predicted octanol–water partition coefficient (Wildman–Crippen LogP) is 2.13. The van der Waals surface area contributed by atoms with Crippen molar-refractivity contribution in [1.82, 2.24) is 4.90 Å². The van der Waals surface area contributed by atoms with Crippen LogP contribution in [0, 0.1) is 0 Å². The van der Waals surface area contributed by atoms with Crippen LogP contribution in [-0.2, 0) is 20.0 Å². The number of hydrogen-bond acceptors (Lipinski definition) is 3. The van der Waals surface area contributed by atoms with Gasteiger partial charge in [0.15, 0.2) is 9.84 Å². The van der Waals surface area contributed by atoms with E-state index in [1.54, 1.807) is 11.9 Å². The van der Waals surface area contributed by atoms with Gasteiger partial charge in [0, 0.05) is 17.6 Å². The maximum Gasteiger partial charge on any atom is 0.233 e. The van der Waals surface area contributed by atoms with Gasteiger partial charge in [0.2, 0.25) is 5.91 Å². The fraction of sp³-hybridized carbons (Fsp3) is 0.533. The summed E-state index contributed by atoms with van der Waals surface area (Å²) in [4.78, 5) is 14.5. The Labute approximate surface area is 133 Å². The fourth-order valence-corrected chi connectivity index (χ4v) is 5.14. The summed E-state index contributed by atoms with van der Waals surface area (Å²) < 4.78 is 24.2. The SMILES string of the molecule is CN(C(=O)C1(c2ccc(Br)cc2)CC1)C1CCS(=O)(=O)C1. The first-order valence-electron chi connectivity index (χ1n) is 7.08. The number of benzene rings is 1. The van der Waals surface area contributed by atoms with E-state index in [2.05, 4.69) is 15.9 Å². The second-order valence-corrected chi connectivity index (χ2v) is 9.21. The van der Waals surface area contributed by atoms with E-state index in [9.17, 15) is 13.2 Å². The van der Waals surface area contributed by atoms with Crippen molar-refractivity contribution in [2.75, 3.05) is 18.6 Å². The van der Waals surface area contributed by atoms with Crippen molar-refractivity contribution in [2.45, 2.75) is 30.7 Å². The summed E-state index contributed by atoms with van der Waals surface area (Å²) >= 11 is 3.40. The zero-order valence-corrected chi connectivity index (χ0v) is 14.3. The van der Waals surface area contributed by atoms with Gasteiger partial charge < -0.3 is 4.90 Å². The second kappa shape index (κ2) is 5.09. The van der Waals surface area contributed by atoms with Crippen LogP contribution in [-0.4, -0.2) is 43.8 Å². The lowest BCUT2D eigenvalue weighted by atomic mass is 9.94. The number of likely N-dealkylation sites (N-methyl/N-ethyl adjacent to an activating group) is 1. The summed E-state index contributed by atoms with van der Waals surface area (Å²) in [6.45, 7) is 0. The Morgan fingerprint density at radius 2 is 1.90 bits per heavy atom. The molecule has 6 heteroatoms. The highest BCUT2D eigenvalue weighted by molar-refractivity contribution is 9.10. The number of nitrogens with zero attached hydrogens (tertiary/aromatic N) is 1. The molecule has 2 fully saturated rings. The Morgan fingerprint density at radius 1 is 1.29 bits per heavy atom. The molecule has 1 aromatic carbocycles. The molecule has 0 radical (unpaired) electrons. The molecule has 4 nitrogen and oxygen atoms in total. The fourth-order valence-electron chi connectivity index (χ4n) is 3.10. The van der Waals surface area contributed by atoms with E-state index in [4.69, 9.17) is 0 Å². The van der Waals surface area contributed by atoms with Crippen LogP contribution in [0.25, 0.3) is 0 Å². The summed E-state index contributed by atoms with van der Waals surface area (Å²) in [6.07, 6.45) is 2.25. The summed E-state index contributed by atoms with van der Waals surface area (Å²) in [5.74, 6) is 0.360. The normalized spacial score (nSPS) is 25.5. The van der Waals surface area contributed by atoms with E-state index >= 15 is 0 Å². The van der Waals surface area contributed by atoms with Crippen molar-refractivity contribution in [3.8, 4) is 0 Å². The van der Waals surface area contributed by atoms with Crippen LogP contribution in [0.15, 0.2) is 28.7 Å². The third kappa shape index (κ3) is 2.75. The number of sulfone groups is 1. The smallest absolute Gasteiger partial charge is 0.233 e. The van der Waals surface area contributed by atoms with Crippen molar-refractivity contribution in [1.29, 1.82) is 0 Å².